The zero-order chi connectivity index (χ0) is 9.94. The highest BCUT2D eigenvalue weighted by Gasteiger charge is 2.02. The van der Waals surface area contributed by atoms with Crippen molar-refractivity contribution < 1.29 is 14.6 Å². The van der Waals surface area contributed by atoms with E-state index in [1.165, 1.54) is 32.2 Å². The molecular formula is C10H19O3. The fourth-order valence-electron chi connectivity index (χ4n) is 1.21. The van der Waals surface area contributed by atoms with Gasteiger partial charge in [0.1, 0.15) is 0 Å². The Morgan fingerprint density at radius 3 is 2.46 bits per heavy atom. The summed E-state index contributed by atoms with van der Waals surface area (Å²) in [6.07, 6.45) is 6.56. The topological polar surface area (TPSA) is 46.5 Å². The van der Waals surface area contributed by atoms with Crippen molar-refractivity contribution in [2.75, 3.05) is 0 Å². The Morgan fingerprint density at radius 2 is 1.85 bits per heavy atom. The van der Waals surface area contributed by atoms with E-state index in [4.69, 9.17) is 5.11 Å². The van der Waals surface area contributed by atoms with E-state index in [1.807, 2.05) is 0 Å². The van der Waals surface area contributed by atoms with Crippen LogP contribution in [0.25, 0.3) is 0 Å². The van der Waals surface area contributed by atoms with Crippen LogP contribution in [0.5, 0.6) is 0 Å². The molecule has 0 saturated carbocycles. The number of aliphatic hydroxyl groups is 1. The van der Waals surface area contributed by atoms with Gasteiger partial charge in [-0.25, -0.2) is 4.79 Å². The standard InChI is InChI=1S/C10H19O3/c1-2-3-4-5-6-7-8-10(12)13-9-11/h10,12H,2-8H2,1H3. The molecule has 0 aliphatic rings. The summed E-state index contributed by atoms with van der Waals surface area (Å²) in [5.74, 6) is 0. The Hall–Kier alpha value is -0.570. The van der Waals surface area contributed by atoms with Gasteiger partial charge in [0.15, 0.2) is 0 Å². The lowest BCUT2D eigenvalue weighted by atomic mass is 10.1. The van der Waals surface area contributed by atoms with Crippen LogP contribution in [-0.2, 0) is 9.53 Å². The molecular weight excluding hydrogens is 168 g/mol. The van der Waals surface area contributed by atoms with E-state index in [0.29, 0.717) is 6.42 Å². The molecule has 0 aliphatic carbocycles. The van der Waals surface area contributed by atoms with Gasteiger partial charge >= 0.3 is 6.47 Å². The molecule has 0 spiro atoms. The van der Waals surface area contributed by atoms with E-state index in [2.05, 4.69) is 11.7 Å². The second-order valence-electron chi connectivity index (χ2n) is 3.21. The lowest BCUT2D eigenvalue weighted by Crippen LogP contribution is -2.09. The molecule has 0 aromatic rings. The molecule has 1 unspecified atom stereocenters. The van der Waals surface area contributed by atoms with Gasteiger partial charge in [0, 0.05) is 6.42 Å². The summed E-state index contributed by atoms with van der Waals surface area (Å²) < 4.78 is 4.22. The van der Waals surface area contributed by atoms with Crippen molar-refractivity contribution >= 4 is 6.47 Å². The molecule has 0 saturated heterocycles. The van der Waals surface area contributed by atoms with Crippen molar-refractivity contribution in [3.05, 3.63) is 0 Å². The van der Waals surface area contributed by atoms with E-state index in [1.54, 1.807) is 0 Å². The van der Waals surface area contributed by atoms with Crippen molar-refractivity contribution in [2.24, 2.45) is 0 Å². The Balaban J connectivity index is 3.01. The summed E-state index contributed by atoms with van der Waals surface area (Å²) in [7, 11) is 0. The van der Waals surface area contributed by atoms with Gasteiger partial charge in [-0.05, 0) is 6.42 Å². The molecule has 0 aromatic carbocycles. The highest BCUT2D eigenvalue weighted by molar-refractivity contribution is 5.38. The third kappa shape index (κ3) is 9.34. The lowest BCUT2D eigenvalue weighted by molar-refractivity contribution is -0.0361. The number of rotatable bonds is 9. The SMILES string of the molecule is CCCCCCCCC(O)O[C]=O. The molecule has 1 atom stereocenters. The third-order valence-corrected chi connectivity index (χ3v) is 1.99. The van der Waals surface area contributed by atoms with Crippen molar-refractivity contribution in [2.45, 2.75) is 58.2 Å². The normalized spacial score (nSPS) is 12.5. The number of ether oxygens (including phenoxy) is 1. The van der Waals surface area contributed by atoms with Crippen LogP contribution in [-0.4, -0.2) is 17.9 Å². The highest BCUT2D eigenvalue weighted by atomic mass is 16.6. The van der Waals surface area contributed by atoms with Crippen LogP contribution in [0.1, 0.15) is 51.9 Å². The van der Waals surface area contributed by atoms with Crippen molar-refractivity contribution in [1.29, 1.82) is 0 Å². The van der Waals surface area contributed by atoms with Gasteiger partial charge in [-0.2, -0.15) is 0 Å². The van der Waals surface area contributed by atoms with Gasteiger partial charge in [-0.15, -0.1) is 0 Å². The van der Waals surface area contributed by atoms with Crippen LogP contribution in [0, 0.1) is 0 Å². The van der Waals surface area contributed by atoms with E-state index in [0.717, 1.165) is 12.8 Å². The fraction of sp³-hybridized carbons (Fsp3) is 0.900. The van der Waals surface area contributed by atoms with Crippen LogP contribution in [0.15, 0.2) is 0 Å². The molecule has 77 valence electrons. The summed E-state index contributed by atoms with van der Waals surface area (Å²) in [4.78, 5) is 9.68. The molecule has 0 fully saturated rings. The summed E-state index contributed by atoms with van der Waals surface area (Å²) in [5.41, 5.74) is 0. The quantitative estimate of drug-likeness (QED) is 0.444. The number of hydrogen-bond donors (Lipinski definition) is 1. The summed E-state index contributed by atoms with van der Waals surface area (Å²) >= 11 is 0. The molecule has 3 nitrogen and oxygen atoms in total. The molecule has 0 bridgehead atoms. The maximum absolute atomic E-state index is 9.68. The monoisotopic (exact) mass is 187 g/mol. The fourth-order valence-corrected chi connectivity index (χ4v) is 1.21. The molecule has 0 heterocycles. The number of unbranched alkanes of at least 4 members (excludes halogenated alkanes) is 5. The third-order valence-electron chi connectivity index (χ3n) is 1.99. The molecule has 1 radical (unpaired) electrons. The predicted octanol–water partition coefficient (Wildman–Crippen LogP) is 2.14. The van der Waals surface area contributed by atoms with Gasteiger partial charge in [0.2, 0.25) is 6.29 Å². The first-order valence-electron chi connectivity index (χ1n) is 5.02. The molecule has 0 rings (SSSR count). The molecule has 3 heteroatoms. The first-order valence-corrected chi connectivity index (χ1v) is 5.02. The van der Waals surface area contributed by atoms with Crippen LogP contribution >= 0.6 is 0 Å². The largest absolute Gasteiger partial charge is 0.428 e. The Kier molecular flexibility index (Phi) is 9.10. The molecule has 0 amide bonds. The zero-order valence-electron chi connectivity index (χ0n) is 8.29. The zero-order valence-corrected chi connectivity index (χ0v) is 8.29. The van der Waals surface area contributed by atoms with Crippen LogP contribution in [0.4, 0.5) is 0 Å². The lowest BCUT2D eigenvalue weighted by Gasteiger charge is -2.06. The second-order valence-corrected chi connectivity index (χ2v) is 3.21. The minimum atomic E-state index is -0.955. The predicted molar refractivity (Wildman–Crippen MR) is 50.8 cm³/mol. The first-order chi connectivity index (χ1) is 6.31. The van der Waals surface area contributed by atoms with Gasteiger partial charge in [0.25, 0.3) is 0 Å². The van der Waals surface area contributed by atoms with E-state index in [9.17, 15) is 4.79 Å². The minimum Gasteiger partial charge on any atom is -0.428 e. The summed E-state index contributed by atoms with van der Waals surface area (Å²) in [5, 5.41) is 8.97. The Labute approximate surface area is 80.1 Å². The second kappa shape index (κ2) is 9.52. The van der Waals surface area contributed by atoms with Gasteiger partial charge in [-0.1, -0.05) is 39.0 Å². The Morgan fingerprint density at radius 1 is 1.23 bits per heavy atom. The Bertz CT molecular complexity index is 115. The maximum Gasteiger partial charge on any atom is 0.419 e. The number of hydrogen-bond acceptors (Lipinski definition) is 3. The van der Waals surface area contributed by atoms with Crippen LogP contribution in [0.2, 0.25) is 0 Å². The summed E-state index contributed by atoms with van der Waals surface area (Å²) in [6.45, 7) is 3.41. The minimum absolute atomic E-state index is 0.529. The van der Waals surface area contributed by atoms with Crippen molar-refractivity contribution in [3.63, 3.8) is 0 Å². The van der Waals surface area contributed by atoms with Crippen molar-refractivity contribution in [1.82, 2.24) is 0 Å². The number of aliphatic hydroxyl groups excluding tert-OH is 1. The van der Waals surface area contributed by atoms with Crippen LogP contribution in [0.3, 0.4) is 0 Å². The molecule has 13 heavy (non-hydrogen) atoms. The van der Waals surface area contributed by atoms with Crippen molar-refractivity contribution in [3.8, 4) is 0 Å². The number of carbonyl (C=O) groups excluding carboxylic acids is 1. The first kappa shape index (κ1) is 12.4. The van der Waals surface area contributed by atoms with Gasteiger partial charge < -0.3 is 9.84 Å². The van der Waals surface area contributed by atoms with Gasteiger partial charge in [0.05, 0.1) is 0 Å². The van der Waals surface area contributed by atoms with E-state index < -0.39 is 6.29 Å². The van der Waals surface area contributed by atoms with Gasteiger partial charge in [-0.3, -0.25) is 0 Å². The average Bonchev–Trinajstić information content (AvgIpc) is 2.11. The smallest absolute Gasteiger partial charge is 0.419 e. The highest BCUT2D eigenvalue weighted by Crippen LogP contribution is 2.08. The average molecular weight is 187 g/mol. The molecule has 0 aliphatic heterocycles. The van der Waals surface area contributed by atoms with Crippen LogP contribution < -0.4 is 0 Å². The maximum atomic E-state index is 9.68. The van der Waals surface area contributed by atoms with E-state index >= 15 is 0 Å². The molecule has 1 N–H and O–H groups in total. The van der Waals surface area contributed by atoms with E-state index in [-0.39, 0.29) is 0 Å². The molecule has 0 aromatic heterocycles. The summed E-state index contributed by atoms with van der Waals surface area (Å²) in [6, 6.07) is 0.